The minimum Gasteiger partial charge on any atom is -0.457 e. The maximum Gasteiger partial charge on any atom is 0.303 e. The molecule has 8 heteroatoms. The summed E-state index contributed by atoms with van der Waals surface area (Å²) in [7, 11) is 0. The smallest absolute Gasteiger partial charge is 0.303 e. The van der Waals surface area contributed by atoms with E-state index in [4.69, 9.17) is 14.2 Å². The molecule has 1 N–H and O–H groups in total. The first kappa shape index (κ1) is 16.9. The lowest BCUT2D eigenvalue weighted by molar-refractivity contribution is -0.193. The SMILES string of the molecule is CC(=O)N[C@H]1[C@@H](OC(C)=O)[C@@H](Br)O[C@@H](C)[C@H]1OC(C)=O. The van der Waals surface area contributed by atoms with Crippen LogP contribution in [0.15, 0.2) is 0 Å². The first-order chi connectivity index (χ1) is 9.22. The van der Waals surface area contributed by atoms with Crippen LogP contribution in [0.2, 0.25) is 0 Å². The van der Waals surface area contributed by atoms with Gasteiger partial charge in [0.2, 0.25) is 5.91 Å². The topological polar surface area (TPSA) is 90.9 Å². The Morgan fingerprint density at radius 2 is 1.55 bits per heavy atom. The summed E-state index contributed by atoms with van der Waals surface area (Å²) < 4.78 is 15.9. The number of ether oxygens (including phenoxy) is 3. The number of amides is 1. The molecule has 0 aromatic heterocycles. The molecule has 0 aliphatic carbocycles. The van der Waals surface area contributed by atoms with Gasteiger partial charge in [0.05, 0.1) is 6.10 Å². The molecule has 1 aliphatic rings. The predicted molar refractivity (Wildman–Crippen MR) is 72.0 cm³/mol. The van der Waals surface area contributed by atoms with Gasteiger partial charge in [0.1, 0.15) is 6.04 Å². The third-order valence-electron chi connectivity index (χ3n) is 2.75. The van der Waals surface area contributed by atoms with Crippen LogP contribution in [0.25, 0.3) is 0 Å². The number of hydrogen-bond acceptors (Lipinski definition) is 6. The molecule has 0 aromatic rings. The summed E-state index contributed by atoms with van der Waals surface area (Å²) in [6.07, 6.45) is -2.00. The third-order valence-corrected chi connectivity index (χ3v) is 3.48. The first-order valence-corrected chi connectivity index (χ1v) is 7.05. The second-order valence-corrected chi connectivity index (χ2v) is 5.47. The van der Waals surface area contributed by atoms with Gasteiger partial charge in [-0.25, -0.2) is 0 Å². The summed E-state index contributed by atoms with van der Waals surface area (Å²) in [4.78, 5) is 33.7. The van der Waals surface area contributed by atoms with Crippen LogP contribution in [0.4, 0.5) is 0 Å². The van der Waals surface area contributed by atoms with E-state index in [1.54, 1.807) is 6.92 Å². The van der Waals surface area contributed by atoms with E-state index in [1.807, 2.05) is 0 Å². The van der Waals surface area contributed by atoms with Gasteiger partial charge in [-0.1, -0.05) is 15.9 Å². The fourth-order valence-electron chi connectivity index (χ4n) is 2.08. The molecule has 1 saturated heterocycles. The molecule has 0 radical (unpaired) electrons. The van der Waals surface area contributed by atoms with Crippen molar-refractivity contribution in [3.63, 3.8) is 0 Å². The lowest BCUT2D eigenvalue weighted by atomic mass is 9.97. The molecule has 114 valence electrons. The van der Waals surface area contributed by atoms with Gasteiger partial charge in [-0.05, 0) is 6.92 Å². The van der Waals surface area contributed by atoms with Crippen LogP contribution < -0.4 is 5.32 Å². The Balaban J connectivity index is 3.01. The van der Waals surface area contributed by atoms with E-state index < -0.39 is 41.3 Å². The summed E-state index contributed by atoms with van der Waals surface area (Å²) in [5, 5.41) is 2.04. The van der Waals surface area contributed by atoms with Crippen molar-refractivity contribution in [1.29, 1.82) is 0 Å². The quantitative estimate of drug-likeness (QED) is 0.587. The molecule has 1 amide bonds. The van der Waals surface area contributed by atoms with Crippen molar-refractivity contribution < 1.29 is 28.6 Å². The fraction of sp³-hybridized carbons (Fsp3) is 0.750. The zero-order valence-electron chi connectivity index (χ0n) is 11.7. The number of alkyl halides is 1. The van der Waals surface area contributed by atoms with Gasteiger partial charge in [-0.2, -0.15) is 0 Å². The van der Waals surface area contributed by atoms with Crippen molar-refractivity contribution in [3.05, 3.63) is 0 Å². The van der Waals surface area contributed by atoms with Crippen molar-refractivity contribution in [2.75, 3.05) is 0 Å². The second-order valence-electron chi connectivity index (χ2n) is 4.57. The van der Waals surface area contributed by atoms with Crippen LogP contribution in [0, 0.1) is 0 Å². The highest BCUT2D eigenvalue weighted by Gasteiger charge is 2.47. The monoisotopic (exact) mass is 351 g/mol. The van der Waals surface area contributed by atoms with Crippen molar-refractivity contribution in [2.45, 2.75) is 57.1 Å². The molecule has 1 rings (SSSR count). The molecule has 0 bridgehead atoms. The standard InChI is InChI=1S/C12H18BrNO6/c1-5-10(19-7(3)16)9(14-6(2)15)11(12(13)18-5)20-8(4)17/h5,9-12H,1-4H3,(H,14,15)/t5-,9+,10+,11+,12-/m0/s1. The van der Waals surface area contributed by atoms with Gasteiger partial charge < -0.3 is 19.5 Å². The molecule has 0 unspecified atom stereocenters. The third kappa shape index (κ3) is 4.45. The van der Waals surface area contributed by atoms with E-state index in [-0.39, 0.29) is 5.91 Å². The Morgan fingerprint density at radius 1 is 1.05 bits per heavy atom. The molecule has 5 atom stereocenters. The Labute approximate surface area is 125 Å². The Morgan fingerprint density at radius 3 is 2.00 bits per heavy atom. The molecule has 1 fully saturated rings. The molecule has 20 heavy (non-hydrogen) atoms. The van der Waals surface area contributed by atoms with Gasteiger partial charge in [0.25, 0.3) is 0 Å². The summed E-state index contributed by atoms with van der Waals surface area (Å²) >= 11 is 3.26. The van der Waals surface area contributed by atoms with Gasteiger partial charge in [-0.15, -0.1) is 0 Å². The number of nitrogens with one attached hydrogen (secondary N) is 1. The number of esters is 2. The summed E-state index contributed by atoms with van der Waals surface area (Å²) in [6.45, 7) is 5.56. The van der Waals surface area contributed by atoms with Gasteiger partial charge >= 0.3 is 11.9 Å². The minimum atomic E-state index is -0.794. The van der Waals surface area contributed by atoms with E-state index in [0.717, 1.165) is 0 Å². The average Bonchev–Trinajstić information content (AvgIpc) is 2.27. The largest absolute Gasteiger partial charge is 0.457 e. The maximum absolute atomic E-state index is 11.3. The normalized spacial score (nSPS) is 33.1. The summed E-state index contributed by atoms with van der Waals surface area (Å²) in [5.74, 6) is -1.34. The highest BCUT2D eigenvalue weighted by Crippen LogP contribution is 2.29. The fourth-order valence-corrected chi connectivity index (χ4v) is 2.86. The van der Waals surface area contributed by atoms with Crippen LogP contribution >= 0.6 is 15.9 Å². The van der Waals surface area contributed by atoms with E-state index in [0.29, 0.717) is 0 Å². The predicted octanol–water partition coefficient (Wildman–Crippen LogP) is 0.494. The van der Waals surface area contributed by atoms with Crippen LogP contribution in [-0.4, -0.2) is 47.2 Å². The lowest BCUT2D eigenvalue weighted by Gasteiger charge is -2.42. The van der Waals surface area contributed by atoms with Gasteiger partial charge in [0.15, 0.2) is 17.2 Å². The maximum atomic E-state index is 11.3. The van der Waals surface area contributed by atoms with Crippen LogP contribution in [0.1, 0.15) is 27.7 Å². The van der Waals surface area contributed by atoms with Crippen LogP contribution in [-0.2, 0) is 28.6 Å². The van der Waals surface area contributed by atoms with E-state index in [9.17, 15) is 14.4 Å². The zero-order chi connectivity index (χ0) is 15.4. The highest BCUT2D eigenvalue weighted by molar-refractivity contribution is 9.09. The number of hydrogen-bond donors (Lipinski definition) is 1. The zero-order valence-corrected chi connectivity index (χ0v) is 13.3. The lowest BCUT2D eigenvalue weighted by Crippen LogP contribution is -2.63. The van der Waals surface area contributed by atoms with Crippen molar-refractivity contribution >= 4 is 33.8 Å². The molecule has 0 saturated carbocycles. The molecule has 1 heterocycles. The van der Waals surface area contributed by atoms with Gasteiger partial charge in [-0.3, -0.25) is 14.4 Å². The molecule has 1 aliphatic heterocycles. The molecule has 0 aromatic carbocycles. The minimum absolute atomic E-state index is 0.321. The van der Waals surface area contributed by atoms with E-state index in [1.165, 1.54) is 20.8 Å². The Hall–Kier alpha value is -1.15. The van der Waals surface area contributed by atoms with Gasteiger partial charge in [0, 0.05) is 20.8 Å². The van der Waals surface area contributed by atoms with Crippen molar-refractivity contribution in [3.8, 4) is 0 Å². The number of halogens is 1. The highest BCUT2D eigenvalue weighted by atomic mass is 79.9. The Bertz CT molecular complexity index is 373. The molecular formula is C12H18BrNO6. The molecule has 7 nitrogen and oxygen atoms in total. The van der Waals surface area contributed by atoms with E-state index >= 15 is 0 Å². The average molecular weight is 352 g/mol. The number of carbonyl (C=O) groups excluding carboxylic acids is 3. The number of rotatable bonds is 3. The first-order valence-electron chi connectivity index (χ1n) is 6.13. The van der Waals surface area contributed by atoms with Crippen LogP contribution in [0.5, 0.6) is 0 Å². The molecular weight excluding hydrogens is 334 g/mol. The summed E-state index contributed by atoms with van der Waals surface area (Å²) in [5.41, 5.74) is 0. The second kappa shape index (κ2) is 7.03. The summed E-state index contributed by atoms with van der Waals surface area (Å²) in [6, 6.07) is -0.687. The van der Waals surface area contributed by atoms with Crippen LogP contribution in [0.3, 0.4) is 0 Å². The van der Waals surface area contributed by atoms with E-state index in [2.05, 4.69) is 21.2 Å². The molecule has 0 spiro atoms. The Kier molecular flexibility index (Phi) is 5.94. The van der Waals surface area contributed by atoms with Crippen molar-refractivity contribution in [1.82, 2.24) is 5.32 Å². The number of carbonyl (C=O) groups is 3. The van der Waals surface area contributed by atoms with Crippen molar-refractivity contribution in [2.24, 2.45) is 0 Å².